The van der Waals surface area contributed by atoms with E-state index < -0.39 is 12.1 Å². The van der Waals surface area contributed by atoms with Crippen molar-refractivity contribution in [2.45, 2.75) is 32.1 Å². The van der Waals surface area contributed by atoms with Crippen LogP contribution < -0.4 is 5.73 Å². The number of likely N-dealkylation sites (tertiary alicyclic amines) is 1. The van der Waals surface area contributed by atoms with Gasteiger partial charge in [-0.25, -0.2) is 0 Å². The van der Waals surface area contributed by atoms with Crippen molar-refractivity contribution in [3.05, 3.63) is 11.9 Å². The number of aromatic nitrogens is 3. The first kappa shape index (κ1) is 14.3. The maximum atomic E-state index is 12.7. The Morgan fingerprint density at radius 2 is 2.21 bits per heavy atom. The number of hydrogen-bond acceptors (Lipinski definition) is 4. The van der Waals surface area contributed by atoms with E-state index in [2.05, 4.69) is 10.3 Å². The lowest BCUT2D eigenvalue weighted by Gasteiger charge is -2.33. The van der Waals surface area contributed by atoms with Crippen molar-refractivity contribution in [3.8, 4) is 0 Å². The van der Waals surface area contributed by atoms with Crippen molar-refractivity contribution in [1.29, 1.82) is 0 Å². The fraction of sp³-hybridized carbons (Fsp3) is 0.818. The van der Waals surface area contributed by atoms with E-state index >= 15 is 0 Å². The molecule has 0 saturated carbocycles. The molecule has 1 atom stereocenters. The molecule has 1 aromatic rings. The molecular formula is C11H18F3N5. The molecule has 0 aromatic carbocycles. The van der Waals surface area contributed by atoms with E-state index in [0.717, 1.165) is 0 Å². The predicted octanol–water partition coefficient (Wildman–Crippen LogP) is 1.01. The standard InChI is InChI=1S/C11H18F3N5/c12-11(13,14)9-2-1-4-18(6-9)7-10-8-19(5-3-15)17-16-10/h8-9H,1-7,15H2. The third kappa shape index (κ3) is 3.90. The molecular weight excluding hydrogens is 259 g/mol. The second-order valence-corrected chi connectivity index (χ2v) is 4.88. The van der Waals surface area contributed by atoms with E-state index in [1.165, 1.54) is 0 Å². The minimum absolute atomic E-state index is 0.0489. The number of alkyl halides is 3. The molecule has 5 nitrogen and oxygen atoms in total. The van der Waals surface area contributed by atoms with Crippen molar-refractivity contribution < 1.29 is 13.2 Å². The molecule has 19 heavy (non-hydrogen) atoms. The molecule has 0 radical (unpaired) electrons. The van der Waals surface area contributed by atoms with Gasteiger partial charge in [0.1, 0.15) is 0 Å². The molecule has 0 spiro atoms. The fourth-order valence-corrected chi connectivity index (χ4v) is 2.35. The lowest BCUT2D eigenvalue weighted by molar-refractivity contribution is -0.187. The van der Waals surface area contributed by atoms with Crippen molar-refractivity contribution >= 4 is 0 Å². The van der Waals surface area contributed by atoms with Gasteiger partial charge >= 0.3 is 6.18 Å². The van der Waals surface area contributed by atoms with Gasteiger partial charge in [-0.3, -0.25) is 9.58 Å². The lowest BCUT2D eigenvalue weighted by atomic mass is 9.97. The Labute approximate surface area is 109 Å². The highest BCUT2D eigenvalue weighted by Gasteiger charge is 2.41. The van der Waals surface area contributed by atoms with E-state index in [4.69, 9.17) is 5.73 Å². The number of halogens is 3. The van der Waals surface area contributed by atoms with Gasteiger partial charge in [-0.05, 0) is 19.4 Å². The van der Waals surface area contributed by atoms with Gasteiger partial charge in [0.2, 0.25) is 0 Å². The van der Waals surface area contributed by atoms with Gasteiger partial charge in [-0.1, -0.05) is 5.21 Å². The van der Waals surface area contributed by atoms with Crippen LogP contribution in [0.5, 0.6) is 0 Å². The topological polar surface area (TPSA) is 60.0 Å². The highest BCUT2D eigenvalue weighted by atomic mass is 19.4. The van der Waals surface area contributed by atoms with Crippen LogP contribution in [0.3, 0.4) is 0 Å². The average molecular weight is 277 g/mol. The van der Waals surface area contributed by atoms with E-state index in [9.17, 15) is 13.2 Å². The van der Waals surface area contributed by atoms with Gasteiger partial charge in [-0.15, -0.1) is 5.10 Å². The normalized spacial score (nSPS) is 21.8. The minimum Gasteiger partial charge on any atom is -0.329 e. The fourth-order valence-electron chi connectivity index (χ4n) is 2.35. The van der Waals surface area contributed by atoms with E-state index in [1.54, 1.807) is 15.8 Å². The van der Waals surface area contributed by atoms with Crippen LogP contribution in [0.4, 0.5) is 13.2 Å². The smallest absolute Gasteiger partial charge is 0.329 e. The van der Waals surface area contributed by atoms with Gasteiger partial charge in [0.25, 0.3) is 0 Å². The zero-order chi connectivity index (χ0) is 13.9. The van der Waals surface area contributed by atoms with E-state index in [0.29, 0.717) is 38.3 Å². The molecule has 1 saturated heterocycles. The van der Waals surface area contributed by atoms with Gasteiger partial charge < -0.3 is 5.73 Å². The molecule has 0 amide bonds. The van der Waals surface area contributed by atoms with Gasteiger partial charge in [0.05, 0.1) is 18.2 Å². The van der Waals surface area contributed by atoms with Crippen molar-refractivity contribution in [3.63, 3.8) is 0 Å². The Hall–Kier alpha value is -1.15. The largest absolute Gasteiger partial charge is 0.393 e. The third-order valence-electron chi connectivity index (χ3n) is 3.30. The number of hydrogen-bond donors (Lipinski definition) is 1. The monoisotopic (exact) mass is 277 g/mol. The zero-order valence-corrected chi connectivity index (χ0v) is 10.6. The summed E-state index contributed by atoms with van der Waals surface area (Å²) in [6.45, 7) is 2.17. The van der Waals surface area contributed by atoms with Crippen molar-refractivity contribution in [2.24, 2.45) is 11.7 Å². The third-order valence-corrected chi connectivity index (χ3v) is 3.30. The zero-order valence-electron chi connectivity index (χ0n) is 10.6. The Morgan fingerprint density at radius 1 is 1.42 bits per heavy atom. The van der Waals surface area contributed by atoms with Crippen LogP contribution in [0.15, 0.2) is 6.20 Å². The highest BCUT2D eigenvalue weighted by molar-refractivity contribution is 4.93. The van der Waals surface area contributed by atoms with Crippen LogP contribution in [-0.4, -0.2) is 45.7 Å². The molecule has 2 N–H and O–H groups in total. The molecule has 108 valence electrons. The SMILES string of the molecule is NCCn1cc(CN2CCCC(C(F)(F)F)C2)nn1. The number of nitrogens with zero attached hydrogens (tertiary/aromatic N) is 4. The number of piperidine rings is 1. The molecule has 1 unspecified atom stereocenters. The van der Waals surface area contributed by atoms with Gasteiger partial charge in [-0.2, -0.15) is 13.2 Å². The predicted molar refractivity (Wildman–Crippen MR) is 63.1 cm³/mol. The molecule has 1 aromatic heterocycles. The maximum absolute atomic E-state index is 12.7. The summed E-state index contributed by atoms with van der Waals surface area (Å²) in [7, 11) is 0. The van der Waals surface area contributed by atoms with E-state index in [1.807, 2.05) is 0 Å². The van der Waals surface area contributed by atoms with Crippen LogP contribution in [0.1, 0.15) is 18.5 Å². The molecule has 2 heterocycles. The number of rotatable bonds is 4. The Bertz CT molecular complexity index is 403. The van der Waals surface area contributed by atoms with Crippen molar-refractivity contribution in [2.75, 3.05) is 19.6 Å². The van der Waals surface area contributed by atoms with Crippen LogP contribution in [0, 0.1) is 5.92 Å². The summed E-state index contributed by atoms with van der Waals surface area (Å²) in [5.41, 5.74) is 6.09. The first-order valence-electron chi connectivity index (χ1n) is 6.37. The average Bonchev–Trinajstić information content (AvgIpc) is 2.76. The summed E-state index contributed by atoms with van der Waals surface area (Å²) in [4.78, 5) is 1.79. The van der Waals surface area contributed by atoms with Crippen molar-refractivity contribution in [1.82, 2.24) is 19.9 Å². The summed E-state index contributed by atoms with van der Waals surface area (Å²) in [5, 5.41) is 7.83. The first-order valence-corrected chi connectivity index (χ1v) is 6.37. The molecule has 0 aliphatic carbocycles. The first-order chi connectivity index (χ1) is 8.99. The summed E-state index contributed by atoms with van der Waals surface area (Å²) < 4.78 is 39.7. The van der Waals surface area contributed by atoms with Crippen LogP contribution in [0.25, 0.3) is 0 Å². The molecule has 1 aliphatic rings. The highest BCUT2D eigenvalue weighted by Crippen LogP contribution is 2.33. The molecule has 8 heteroatoms. The summed E-state index contributed by atoms with van der Waals surface area (Å²) in [5.74, 6) is -1.22. The Kier molecular flexibility index (Phi) is 4.41. The Balaban J connectivity index is 1.91. The Morgan fingerprint density at radius 3 is 2.89 bits per heavy atom. The summed E-state index contributed by atoms with van der Waals surface area (Å²) in [6.07, 6.45) is -1.57. The second kappa shape index (κ2) is 5.87. The lowest BCUT2D eigenvalue weighted by Crippen LogP contribution is -2.41. The second-order valence-electron chi connectivity index (χ2n) is 4.88. The maximum Gasteiger partial charge on any atom is 0.393 e. The van der Waals surface area contributed by atoms with Gasteiger partial charge in [0, 0.05) is 25.8 Å². The number of nitrogens with two attached hydrogens (primary N) is 1. The van der Waals surface area contributed by atoms with Crippen LogP contribution in [-0.2, 0) is 13.1 Å². The van der Waals surface area contributed by atoms with E-state index in [-0.39, 0.29) is 13.0 Å². The summed E-state index contributed by atoms with van der Waals surface area (Å²) in [6, 6.07) is 0. The minimum atomic E-state index is -4.10. The van der Waals surface area contributed by atoms with Crippen LogP contribution >= 0.6 is 0 Å². The van der Waals surface area contributed by atoms with Crippen LogP contribution in [0.2, 0.25) is 0 Å². The molecule has 1 fully saturated rings. The molecule has 1 aliphatic heterocycles. The quantitative estimate of drug-likeness (QED) is 0.892. The molecule has 2 rings (SSSR count). The molecule has 0 bridgehead atoms. The van der Waals surface area contributed by atoms with Gasteiger partial charge in [0.15, 0.2) is 0 Å². The summed E-state index contributed by atoms with van der Waals surface area (Å²) >= 11 is 0.